The van der Waals surface area contributed by atoms with Gasteiger partial charge in [-0.05, 0) is 37.6 Å². The molecule has 0 bridgehead atoms. The van der Waals surface area contributed by atoms with Gasteiger partial charge in [0, 0.05) is 21.4 Å². The molecule has 2 N–H and O–H groups in total. The van der Waals surface area contributed by atoms with Gasteiger partial charge in [0.2, 0.25) is 11.9 Å². The van der Waals surface area contributed by atoms with Crippen molar-refractivity contribution in [1.29, 1.82) is 0 Å². The number of hydrogen-bond acceptors (Lipinski definition) is 4. The van der Waals surface area contributed by atoms with E-state index in [9.17, 15) is 4.79 Å². The zero-order valence-electron chi connectivity index (χ0n) is 11.6. The van der Waals surface area contributed by atoms with Crippen molar-refractivity contribution in [2.24, 2.45) is 0 Å². The molecule has 0 fully saturated rings. The summed E-state index contributed by atoms with van der Waals surface area (Å²) < 4.78 is 0. The highest BCUT2D eigenvalue weighted by Crippen LogP contribution is 2.21. The number of aryl methyl sites for hydroxylation is 2. The van der Waals surface area contributed by atoms with Crippen LogP contribution in [-0.2, 0) is 11.2 Å². The van der Waals surface area contributed by atoms with Crippen LogP contribution in [0, 0.1) is 13.8 Å². The van der Waals surface area contributed by atoms with Crippen LogP contribution in [0.4, 0.5) is 5.95 Å². The Balaban J connectivity index is 1.95. The minimum Gasteiger partial charge on any atom is -0.273 e. The lowest BCUT2D eigenvalue weighted by Gasteiger charge is -2.09. The third-order valence-corrected chi connectivity index (χ3v) is 3.25. The Morgan fingerprint density at radius 1 is 1.14 bits per heavy atom. The SMILES string of the molecule is Cc1cc(C)nc(NNC(=O)Cc2ccc(Cl)cc2Cl)n1. The Morgan fingerprint density at radius 3 is 2.43 bits per heavy atom. The highest BCUT2D eigenvalue weighted by Gasteiger charge is 2.08. The van der Waals surface area contributed by atoms with Gasteiger partial charge in [0.15, 0.2) is 0 Å². The first-order valence-electron chi connectivity index (χ1n) is 6.25. The maximum atomic E-state index is 11.9. The third-order valence-electron chi connectivity index (χ3n) is 2.66. The van der Waals surface area contributed by atoms with Crippen LogP contribution in [0.5, 0.6) is 0 Å². The number of aromatic nitrogens is 2. The monoisotopic (exact) mass is 324 g/mol. The minimum absolute atomic E-state index is 0.133. The Bertz CT molecular complexity index is 656. The number of hydrogen-bond donors (Lipinski definition) is 2. The molecule has 21 heavy (non-hydrogen) atoms. The van der Waals surface area contributed by atoms with Gasteiger partial charge < -0.3 is 0 Å². The van der Waals surface area contributed by atoms with Gasteiger partial charge in [-0.3, -0.25) is 15.6 Å². The van der Waals surface area contributed by atoms with E-state index in [0.717, 1.165) is 11.4 Å². The molecule has 0 spiro atoms. The van der Waals surface area contributed by atoms with Crippen molar-refractivity contribution in [2.75, 3.05) is 5.43 Å². The van der Waals surface area contributed by atoms with E-state index in [1.54, 1.807) is 18.2 Å². The number of nitrogens with one attached hydrogen (secondary N) is 2. The summed E-state index contributed by atoms with van der Waals surface area (Å²) in [4.78, 5) is 20.2. The second kappa shape index (κ2) is 6.74. The summed E-state index contributed by atoms with van der Waals surface area (Å²) in [6.07, 6.45) is 0.133. The number of amides is 1. The van der Waals surface area contributed by atoms with Gasteiger partial charge in [-0.2, -0.15) is 0 Å². The first kappa shape index (κ1) is 15.5. The van der Waals surface area contributed by atoms with Gasteiger partial charge in [0.1, 0.15) is 0 Å². The van der Waals surface area contributed by atoms with Gasteiger partial charge in [-0.15, -0.1) is 0 Å². The quantitative estimate of drug-likeness (QED) is 0.848. The Morgan fingerprint density at radius 2 is 1.81 bits per heavy atom. The maximum absolute atomic E-state index is 11.9. The van der Waals surface area contributed by atoms with Gasteiger partial charge >= 0.3 is 0 Å². The number of hydrazine groups is 1. The molecule has 1 aromatic heterocycles. The predicted molar refractivity (Wildman–Crippen MR) is 83.4 cm³/mol. The van der Waals surface area contributed by atoms with E-state index in [-0.39, 0.29) is 12.3 Å². The van der Waals surface area contributed by atoms with Crippen molar-refractivity contribution >= 4 is 35.1 Å². The fraction of sp³-hybridized carbons (Fsp3) is 0.214. The summed E-state index contributed by atoms with van der Waals surface area (Å²) in [5.74, 6) is 0.102. The average molecular weight is 325 g/mol. The molecule has 110 valence electrons. The highest BCUT2D eigenvalue weighted by atomic mass is 35.5. The molecule has 0 aliphatic rings. The van der Waals surface area contributed by atoms with Crippen molar-refractivity contribution < 1.29 is 4.79 Å². The molecule has 1 amide bonds. The van der Waals surface area contributed by atoms with Gasteiger partial charge in [0.05, 0.1) is 6.42 Å². The van der Waals surface area contributed by atoms with Crippen LogP contribution < -0.4 is 10.9 Å². The molecule has 7 heteroatoms. The predicted octanol–water partition coefficient (Wildman–Crippen LogP) is 3.09. The van der Waals surface area contributed by atoms with E-state index < -0.39 is 0 Å². The molecule has 0 saturated carbocycles. The minimum atomic E-state index is -0.248. The van der Waals surface area contributed by atoms with Crippen LogP contribution >= 0.6 is 23.2 Å². The standard InChI is InChI=1S/C14H14Cl2N4O/c1-8-5-9(2)18-14(17-8)20-19-13(21)6-10-3-4-11(15)7-12(10)16/h3-5,7H,6H2,1-2H3,(H,19,21)(H,17,18,20). The lowest BCUT2D eigenvalue weighted by Crippen LogP contribution is -2.31. The number of carbonyl (C=O) groups is 1. The number of anilines is 1. The Hall–Kier alpha value is -1.85. The second-order valence-corrected chi connectivity index (χ2v) is 5.40. The lowest BCUT2D eigenvalue weighted by molar-refractivity contribution is -0.119. The molecule has 2 rings (SSSR count). The average Bonchev–Trinajstić information content (AvgIpc) is 2.39. The summed E-state index contributed by atoms with van der Waals surface area (Å²) in [5.41, 5.74) is 7.56. The summed E-state index contributed by atoms with van der Waals surface area (Å²) in [6, 6.07) is 6.86. The third kappa shape index (κ3) is 4.58. The molecule has 2 aromatic rings. The van der Waals surface area contributed by atoms with Crippen molar-refractivity contribution in [3.63, 3.8) is 0 Å². The van der Waals surface area contributed by atoms with Gasteiger partial charge in [0.25, 0.3) is 0 Å². The fourth-order valence-electron chi connectivity index (χ4n) is 1.79. The molecule has 0 unspecified atom stereocenters. The lowest BCUT2D eigenvalue weighted by atomic mass is 10.1. The van der Waals surface area contributed by atoms with E-state index in [4.69, 9.17) is 23.2 Å². The van der Waals surface area contributed by atoms with Crippen molar-refractivity contribution in [3.8, 4) is 0 Å². The molecular formula is C14H14Cl2N4O. The number of carbonyl (C=O) groups excluding carboxylic acids is 1. The Labute approximate surface area is 132 Å². The largest absolute Gasteiger partial charge is 0.273 e. The smallest absolute Gasteiger partial charge is 0.242 e. The number of rotatable bonds is 4. The zero-order valence-corrected chi connectivity index (χ0v) is 13.1. The first-order valence-corrected chi connectivity index (χ1v) is 7.00. The van der Waals surface area contributed by atoms with E-state index in [1.807, 2.05) is 19.9 Å². The van der Waals surface area contributed by atoms with Crippen molar-refractivity contribution in [3.05, 3.63) is 51.3 Å². The van der Waals surface area contributed by atoms with Gasteiger partial charge in [-0.1, -0.05) is 29.3 Å². The summed E-state index contributed by atoms with van der Waals surface area (Å²) >= 11 is 11.8. The second-order valence-electron chi connectivity index (χ2n) is 4.56. The van der Waals surface area contributed by atoms with E-state index in [1.165, 1.54) is 0 Å². The molecule has 1 aromatic carbocycles. The first-order chi connectivity index (χ1) is 9.94. The molecule has 5 nitrogen and oxygen atoms in total. The maximum Gasteiger partial charge on any atom is 0.242 e. The normalized spacial score (nSPS) is 10.3. The Kier molecular flexibility index (Phi) is 4.98. The summed E-state index contributed by atoms with van der Waals surface area (Å²) in [6.45, 7) is 3.71. The van der Waals surface area contributed by atoms with E-state index in [2.05, 4.69) is 20.8 Å². The van der Waals surface area contributed by atoms with E-state index >= 15 is 0 Å². The summed E-state index contributed by atoms with van der Waals surface area (Å²) in [5, 5.41) is 0.992. The molecule has 0 aliphatic heterocycles. The molecule has 0 atom stereocenters. The van der Waals surface area contributed by atoms with Crippen LogP contribution in [0.3, 0.4) is 0 Å². The number of benzene rings is 1. The van der Waals surface area contributed by atoms with Crippen LogP contribution in [0.2, 0.25) is 10.0 Å². The van der Waals surface area contributed by atoms with Crippen molar-refractivity contribution in [2.45, 2.75) is 20.3 Å². The summed E-state index contributed by atoms with van der Waals surface area (Å²) in [7, 11) is 0. The van der Waals surface area contributed by atoms with Crippen LogP contribution in [0.1, 0.15) is 17.0 Å². The number of halogens is 2. The molecule has 1 heterocycles. The zero-order chi connectivity index (χ0) is 15.4. The van der Waals surface area contributed by atoms with Crippen LogP contribution in [0.15, 0.2) is 24.3 Å². The van der Waals surface area contributed by atoms with Crippen LogP contribution in [-0.4, -0.2) is 15.9 Å². The molecule has 0 aliphatic carbocycles. The van der Waals surface area contributed by atoms with Crippen LogP contribution in [0.25, 0.3) is 0 Å². The fourth-order valence-corrected chi connectivity index (χ4v) is 2.26. The van der Waals surface area contributed by atoms with Gasteiger partial charge in [-0.25, -0.2) is 9.97 Å². The number of nitrogens with zero attached hydrogens (tertiary/aromatic N) is 2. The molecule has 0 radical (unpaired) electrons. The topological polar surface area (TPSA) is 66.9 Å². The van der Waals surface area contributed by atoms with E-state index in [0.29, 0.717) is 21.6 Å². The highest BCUT2D eigenvalue weighted by molar-refractivity contribution is 6.35. The molecule has 0 saturated heterocycles. The molecular weight excluding hydrogens is 311 g/mol. The van der Waals surface area contributed by atoms with Crippen molar-refractivity contribution in [1.82, 2.24) is 15.4 Å².